The van der Waals surface area contributed by atoms with E-state index in [1.165, 1.54) is 22.8 Å². The van der Waals surface area contributed by atoms with Crippen molar-refractivity contribution in [1.82, 2.24) is 4.31 Å². The van der Waals surface area contributed by atoms with E-state index in [0.29, 0.717) is 19.6 Å². The van der Waals surface area contributed by atoms with Gasteiger partial charge in [0.05, 0.1) is 17.5 Å². The lowest BCUT2D eigenvalue weighted by Crippen LogP contribution is -2.37. The molecule has 1 fully saturated rings. The molecule has 18 heavy (non-hydrogen) atoms. The average molecular weight is 291 g/mol. The number of hydrogen-bond donors (Lipinski definition) is 1. The Morgan fingerprint density at radius 3 is 2.83 bits per heavy atom. The number of hydrogen-bond acceptors (Lipinski definition) is 5. The third kappa shape index (κ3) is 2.41. The second-order valence-corrected chi connectivity index (χ2v) is 6.90. The van der Waals surface area contributed by atoms with Gasteiger partial charge in [-0.15, -0.1) is 11.3 Å². The van der Waals surface area contributed by atoms with Crippen LogP contribution >= 0.6 is 11.3 Å². The first kappa shape index (κ1) is 13.5. The number of rotatable bonds is 4. The predicted octanol–water partition coefficient (Wildman–Crippen LogP) is 0.856. The third-order valence-corrected chi connectivity index (χ3v) is 5.84. The van der Waals surface area contributed by atoms with E-state index in [1.54, 1.807) is 0 Å². The van der Waals surface area contributed by atoms with Crippen molar-refractivity contribution in [2.75, 3.05) is 20.3 Å². The van der Waals surface area contributed by atoms with Gasteiger partial charge < -0.3 is 9.84 Å². The van der Waals surface area contributed by atoms with E-state index in [2.05, 4.69) is 0 Å². The summed E-state index contributed by atoms with van der Waals surface area (Å²) in [6.45, 7) is 0.931. The van der Waals surface area contributed by atoms with Gasteiger partial charge in [-0.2, -0.15) is 4.31 Å². The zero-order valence-corrected chi connectivity index (χ0v) is 11.3. The van der Waals surface area contributed by atoms with Gasteiger partial charge in [0.15, 0.2) is 0 Å². The molecular formula is C10H13NO5S2. The van der Waals surface area contributed by atoms with Gasteiger partial charge in [0.1, 0.15) is 4.88 Å². The number of ether oxygens (including phenoxy) is 1. The van der Waals surface area contributed by atoms with Crippen LogP contribution in [0.5, 0.6) is 0 Å². The predicted molar refractivity (Wildman–Crippen MR) is 65.5 cm³/mol. The highest BCUT2D eigenvalue weighted by Crippen LogP contribution is 2.25. The van der Waals surface area contributed by atoms with Crippen LogP contribution in [0.25, 0.3) is 0 Å². The SMILES string of the molecule is CN(C1CCOC1)S(=O)(=O)c1csc(C(=O)O)c1. The van der Waals surface area contributed by atoms with Gasteiger partial charge in [0.25, 0.3) is 0 Å². The minimum atomic E-state index is -3.63. The number of nitrogens with zero attached hydrogens (tertiary/aromatic N) is 1. The summed E-state index contributed by atoms with van der Waals surface area (Å²) in [5, 5.41) is 10.1. The standard InChI is InChI=1S/C10H13NO5S2/c1-11(7-2-3-16-5-7)18(14,15)8-4-9(10(12)13)17-6-8/h4,6-7H,2-3,5H2,1H3,(H,12,13). The van der Waals surface area contributed by atoms with E-state index in [-0.39, 0.29) is 15.8 Å². The van der Waals surface area contributed by atoms with Crippen LogP contribution in [0.4, 0.5) is 0 Å². The summed E-state index contributed by atoms with van der Waals surface area (Å²) in [5.41, 5.74) is 0. The zero-order chi connectivity index (χ0) is 13.3. The van der Waals surface area contributed by atoms with Crippen molar-refractivity contribution in [2.24, 2.45) is 0 Å². The molecule has 1 aromatic heterocycles. The van der Waals surface area contributed by atoms with Gasteiger partial charge in [-0.3, -0.25) is 0 Å². The summed E-state index contributed by atoms with van der Waals surface area (Å²) in [7, 11) is -2.14. The first-order chi connectivity index (χ1) is 8.43. The highest BCUT2D eigenvalue weighted by molar-refractivity contribution is 7.89. The fraction of sp³-hybridized carbons (Fsp3) is 0.500. The highest BCUT2D eigenvalue weighted by Gasteiger charge is 2.31. The van der Waals surface area contributed by atoms with Gasteiger partial charge in [-0.25, -0.2) is 13.2 Å². The summed E-state index contributed by atoms with van der Waals surface area (Å²) in [5.74, 6) is -1.12. The number of likely N-dealkylation sites (N-methyl/N-ethyl adjacent to an activating group) is 1. The Labute approximate surface area is 109 Å². The summed E-state index contributed by atoms with van der Waals surface area (Å²) < 4.78 is 30.9. The van der Waals surface area contributed by atoms with Crippen LogP contribution in [0, 0.1) is 0 Å². The number of aromatic carboxylic acids is 1. The molecule has 0 amide bonds. The quantitative estimate of drug-likeness (QED) is 0.889. The fourth-order valence-electron chi connectivity index (χ4n) is 1.74. The van der Waals surface area contributed by atoms with Crippen molar-refractivity contribution < 1.29 is 23.1 Å². The maximum absolute atomic E-state index is 12.2. The van der Waals surface area contributed by atoms with Crippen LogP contribution in [0.15, 0.2) is 16.3 Å². The van der Waals surface area contributed by atoms with Gasteiger partial charge >= 0.3 is 5.97 Å². The van der Waals surface area contributed by atoms with Gasteiger partial charge in [-0.1, -0.05) is 0 Å². The molecule has 1 saturated heterocycles. The maximum atomic E-state index is 12.2. The molecule has 0 aromatic carbocycles. The molecule has 1 aliphatic rings. The van der Waals surface area contributed by atoms with Crippen molar-refractivity contribution in [3.63, 3.8) is 0 Å². The molecule has 2 rings (SSSR count). The van der Waals surface area contributed by atoms with Crippen LogP contribution in [0.1, 0.15) is 16.1 Å². The lowest BCUT2D eigenvalue weighted by atomic mass is 10.3. The highest BCUT2D eigenvalue weighted by atomic mass is 32.2. The van der Waals surface area contributed by atoms with E-state index in [9.17, 15) is 13.2 Å². The van der Waals surface area contributed by atoms with Gasteiger partial charge in [-0.05, 0) is 12.5 Å². The number of carboxylic acid groups (broad SMARTS) is 1. The normalized spacial score (nSPS) is 20.4. The van der Waals surface area contributed by atoms with Crippen LogP contribution < -0.4 is 0 Å². The lowest BCUT2D eigenvalue weighted by Gasteiger charge is -2.21. The molecule has 1 unspecified atom stereocenters. The zero-order valence-electron chi connectivity index (χ0n) is 9.70. The van der Waals surface area contributed by atoms with Crippen molar-refractivity contribution in [3.05, 3.63) is 16.3 Å². The molecule has 2 heterocycles. The van der Waals surface area contributed by atoms with Crippen molar-refractivity contribution in [1.29, 1.82) is 0 Å². The Morgan fingerprint density at radius 1 is 1.61 bits per heavy atom. The number of carboxylic acids is 1. The van der Waals surface area contributed by atoms with Crippen molar-refractivity contribution in [3.8, 4) is 0 Å². The second-order valence-electron chi connectivity index (χ2n) is 3.99. The largest absolute Gasteiger partial charge is 0.477 e. The minimum absolute atomic E-state index is 0.0182. The van der Waals surface area contributed by atoms with Crippen LogP contribution in [-0.4, -0.2) is 50.1 Å². The van der Waals surface area contributed by atoms with Crippen LogP contribution in [0.2, 0.25) is 0 Å². The van der Waals surface area contributed by atoms with E-state index in [1.807, 2.05) is 0 Å². The average Bonchev–Trinajstić information content (AvgIpc) is 2.99. The van der Waals surface area contributed by atoms with Gasteiger partial charge in [0, 0.05) is 19.0 Å². The smallest absolute Gasteiger partial charge is 0.345 e. The first-order valence-corrected chi connectivity index (χ1v) is 7.62. The summed E-state index contributed by atoms with van der Waals surface area (Å²) in [6, 6.07) is 1.01. The molecule has 8 heteroatoms. The Morgan fingerprint density at radius 2 is 2.33 bits per heavy atom. The Kier molecular flexibility index (Phi) is 3.71. The molecule has 1 atom stereocenters. The second kappa shape index (κ2) is 4.96. The number of carbonyl (C=O) groups is 1. The van der Waals surface area contributed by atoms with Crippen LogP contribution in [-0.2, 0) is 14.8 Å². The lowest BCUT2D eigenvalue weighted by molar-refractivity contribution is 0.0702. The summed E-state index contributed by atoms with van der Waals surface area (Å²) in [6.07, 6.45) is 0.658. The van der Waals surface area contributed by atoms with Crippen LogP contribution in [0.3, 0.4) is 0 Å². The molecule has 0 aliphatic carbocycles. The number of thiophene rings is 1. The van der Waals surface area contributed by atoms with Gasteiger partial charge in [0.2, 0.25) is 10.0 Å². The van der Waals surface area contributed by atoms with E-state index >= 15 is 0 Å². The summed E-state index contributed by atoms with van der Waals surface area (Å²) >= 11 is 0.908. The monoisotopic (exact) mass is 291 g/mol. The summed E-state index contributed by atoms with van der Waals surface area (Å²) in [4.78, 5) is 10.8. The molecule has 1 aromatic rings. The topological polar surface area (TPSA) is 83.9 Å². The van der Waals surface area contributed by atoms with E-state index in [0.717, 1.165) is 11.3 Å². The maximum Gasteiger partial charge on any atom is 0.345 e. The molecule has 0 bridgehead atoms. The Bertz CT molecular complexity index is 544. The van der Waals surface area contributed by atoms with Crippen molar-refractivity contribution in [2.45, 2.75) is 17.4 Å². The Hall–Kier alpha value is -0.960. The third-order valence-electron chi connectivity index (χ3n) is 2.88. The molecule has 1 aliphatic heterocycles. The molecule has 100 valence electrons. The van der Waals surface area contributed by atoms with Crippen molar-refractivity contribution >= 4 is 27.3 Å². The van der Waals surface area contributed by atoms with E-state index in [4.69, 9.17) is 9.84 Å². The number of sulfonamides is 1. The molecule has 1 N–H and O–H groups in total. The molecule has 0 radical (unpaired) electrons. The molecule has 0 spiro atoms. The Balaban J connectivity index is 2.26. The first-order valence-electron chi connectivity index (χ1n) is 5.30. The minimum Gasteiger partial charge on any atom is -0.477 e. The van der Waals surface area contributed by atoms with E-state index < -0.39 is 16.0 Å². The molecular weight excluding hydrogens is 278 g/mol. The molecule has 0 saturated carbocycles. The fourth-order valence-corrected chi connectivity index (χ4v) is 4.21. The molecule has 6 nitrogen and oxygen atoms in total.